The first-order valence-electron chi connectivity index (χ1n) is 5.29. The Morgan fingerprint density at radius 2 is 2.38 bits per heavy atom. The summed E-state index contributed by atoms with van der Waals surface area (Å²) >= 11 is 0. The van der Waals surface area contributed by atoms with Crippen molar-refractivity contribution in [2.45, 2.75) is 6.54 Å². The first kappa shape index (κ1) is 10.7. The van der Waals surface area contributed by atoms with Crippen LogP contribution in [0.3, 0.4) is 0 Å². The van der Waals surface area contributed by atoms with Gasteiger partial charge in [-0.15, -0.1) is 0 Å². The lowest BCUT2D eigenvalue weighted by molar-refractivity contribution is 0.396. The van der Waals surface area contributed by atoms with Crippen LogP contribution in [0.15, 0.2) is 23.2 Å². The summed E-state index contributed by atoms with van der Waals surface area (Å²) < 4.78 is 5.07. The Kier molecular flexibility index (Phi) is 3.24. The summed E-state index contributed by atoms with van der Waals surface area (Å²) in [4.78, 5) is 10.8. The summed E-state index contributed by atoms with van der Waals surface area (Å²) in [5.41, 5.74) is 0.947. The molecule has 1 N–H and O–H groups in total. The van der Waals surface area contributed by atoms with Gasteiger partial charge in [0.05, 0.1) is 25.9 Å². The van der Waals surface area contributed by atoms with Crippen LogP contribution in [0.1, 0.15) is 5.69 Å². The molecule has 5 heteroatoms. The summed E-state index contributed by atoms with van der Waals surface area (Å²) in [5.74, 6) is 1.57. The molecule has 0 fully saturated rings. The fraction of sp³-hybridized carbons (Fsp3) is 0.455. The zero-order valence-electron chi connectivity index (χ0n) is 9.60. The Morgan fingerprint density at radius 3 is 3.06 bits per heavy atom. The number of methoxy groups -OCH3 is 1. The van der Waals surface area contributed by atoms with E-state index in [2.05, 4.69) is 20.2 Å². The lowest BCUT2D eigenvalue weighted by atomic mass is 10.3. The predicted molar refractivity (Wildman–Crippen MR) is 62.6 cm³/mol. The second-order valence-corrected chi connectivity index (χ2v) is 3.65. The highest BCUT2D eigenvalue weighted by atomic mass is 16.5. The Hall–Kier alpha value is -1.78. The molecule has 0 radical (unpaired) electrons. The summed E-state index contributed by atoms with van der Waals surface area (Å²) in [6.45, 7) is 2.51. The number of hydrogen-bond donors (Lipinski definition) is 1. The molecule has 0 saturated carbocycles. The smallest absolute Gasteiger partial charge is 0.213 e. The van der Waals surface area contributed by atoms with Crippen molar-refractivity contribution in [3.8, 4) is 5.88 Å². The molecule has 16 heavy (non-hydrogen) atoms. The zero-order chi connectivity index (χ0) is 11.4. The number of hydrogen-bond acceptors (Lipinski definition) is 5. The summed E-state index contributed by atoms with van der Waals surface area (Å²) in [5, 5.41) is 3.26. The second-order valence-electron chi connectivity index (χ2n) is 3.65. The van der Waals surface area contributed by atoms with Crippen molar-refractivity contribution < 1.29 is 4.74 Å². The van der Waals surface area contributed by atoms with E-state index in [-0.39, 0.29) is 0 Å². The van der Waals surface area contributed by atoms with Crippen molar-refractivity contribution in [3.63, 3.8) is 0 Å². The van der Waals surface area contributed by atoms with Crippen molar-refractivity contribution >= 4 is 5.96 Å². The van der Waals surface area contributed by atoms with E-state index in [1.165, 1.54) is 0 Å². The number of aromatic nitrogens is 1. The molecule has 1 aliphatic heterocycles. The molecule has 5 nitrogen and oxygen atoms in total. The number of nitrogens with zero attached hydrogens (tertiary/aromatic N) is 3. The molecular formula is C11H16N4O. The van der Waals surface area contributed by atoms with Gasteiger partial charge in [-0.05, 0) is 6.07 Å². The average molecular weight is 220 g/mol. The van der Waals surface area contributed by atoms with Crippen molar-refractivity contribution in [2.24, 2.45) is 4.99 Å². The number of nitrogens with one attached hydrogen (secondary N) is 1. The van der Waals surface area contributed by atoms with Gasteiger partial charge in [0.15, 0.2) is 5.96 Å². The maximum absolute atomic E-state index is 5.07. The zero-order valence-corrected chi connectivity index (χ0v) is 9.60. The molecule has 0 bridgehead atoms. The van der Waals surface area contributed by atoms with E-state index in [1.54, 1.807) is 7.11 Å². The molecule has 0 atom stereocenters. The summed E-state index contributed by atoms with van der Waals surface area (Å²) in [6.07, 6.45) is 0. The highest BCUT2D eigenvalue weighted by Gasteiger charge is 2.11. The van der Waals surface area contributed by atoms with Gasteiger partial charge in [-0.25, -0.2) is 4.98 Å². The van der Waals surface area contributed by atoms with Gasteiger partial charge in [0.25, 0.3) is 0 Å². The highest BCUT2D eigenvalue weighted by Crippen LogP contribution is 2.06. The topological polar surface area (TPSA) is 49.8 Å². The normalized spacial score (nSPS) is 14.9. The first-order chi connectivity index (χ1) is 7.79. The van der Waals surface area contributed by atoms with Gasteiger partial charge in [0, 0.05) is 19.7 Å². The summed E-state index contributed by atoms with van der Waals surface area (Å²) in [6, 6.07) is 5.73. The van der Waals surface area contributed by atoms with Crippen molar-refractivity contribution in [3.05, 3.63) is 23.9 Å². The number of ether oxygens (including phenoxy) is 1. The molecule has 0 aliphatic carbocycles. The molecule has 0 saturated heterocycles. The Balaban J connectivity index is 1.94. The lowest BCUT2D eigenvalue weighted by Gasteiger charge is -2.14. The number of likely N-dealkylation sites (N-methyl/N-ethyl adjacent to an activating group) is 1. The molecule has 0 unspecified atom stereocenters. The van der Waals surface area contributed by atoms with Crippen LogP contribution in [0, 0.1) is 0 Å². The van der Waals surface area contributed by atoms with E-state index < -0.39 is 0 Å². The molecule has 0 aromatic carbocycles. The van der Waals surface area contributed by atoms with Crippen LogP contribution in [0.4, 0.5) is 0 Å². The van der Waals surface area contributed by atoms with E-state index >= 15 is 0 Å². The molecule has 2 heterocycles. The largest absolute Gasteiger partial charge is 0.481 e. The minimum Gasteiger partial charge on any atom is -0.481 e. The van der Waals surface area contributed by atoms with Crippen LogP contribution in [-0.4, -0.2) is 43.1 Å². The molecular weight excluding hydrogens is 204 g/mol. The Morgan fingerprint density at radius 1 is 1.50 bits per heavy atom. The van der Waals surface area contributed by atoms with Gasteiger partial charge in [0.2, 0.25) is 5.88 Å². The van der Waals surface area contributed by atoms with Crippen LogP contribution in [0.2, 0.25) is 0 Å². The minimum atomic E-state index is 0.640. The number of aliphatic imine (C=N–C) groups is 1. The van der Waals surface area contributed by atoms with E-state index in [0.29, 0.717) is 12.4 Å². The van der Waals surface area contributed by atoms with Gasteiger partial charge in [0.1, 0.15) is 0 Å². The quantitative estimate of drug-likeness (QED) is 0.805. The van der Waals surface area contributed by atoms with Crippen LogP contribution in [0.5, 0.6) is 5.88 Å². The molecule has 1 aromatic rings. The summed E-state index contributed by atoms with van der Waals surface area (Å²) in [7, 11) is 3.65. The SMILES string of the molecule is COc1cccc(CNC2=NCCN2C)n1. The average Bonchev–Trinajstić information content (AvgIpc) is 2.72. The molecule has 2 rings (SSSR count). The molecule has 1 aromatic heterocycles. The van der Waals surface area contributed by atoms with Gasteiger partial charge in [-0.1, -0.05) is 6.07 Å². The third kappa shape index (κ3) is 2.42. The third-order valence-corrected chi connectivity index (χ3v) is 2.48. The van der Waals surface area contributed by atoms with Gasteiger partial charge < -0.3 is 15.0 Å². The van der Waals surface area contributed by atoms with E-state index in [9.17, 15) is 0 Å². The molecule has 86 valence electrons. The van der Waals surface area contributed by atoms with Crippen molar-refractivity contribution in [1.29, 1.82) is 0 Å². The van der Waals surface area contributed by atoms with Crippen LogP contribution < -0.4 is 10.1 Å². The maximum atomic E-state index is 5.07. The van der Waals surface area contributed by atoms with Crippen LogP contribution in [-0.2, 0) is 6.54 Å². The Bertz CT molecular complexity index is 391. The number of pyridine rings is 1. The van der Waals surface area contributed by atoms with Gasteiger partial charge in [-0.3, -0.25) is 4.99 Å². The fourth-order valence-corrected chi connectivity index (χ4v) is 1.56. The maximum Gasteiger partial charge on any atom is 0.213 e. The van der Waals surface area contributed by atoms with Crippen LogP contribution in [0.25, 0.3) is 0 Å². The predicted octanol–water partition coefficient (Wildman–Crippen LogP) is 0.481. The van der Waals surface area contributed by atoms with E-state index in [1.807, 2.05) is 25.2 Å². The van der Waals surface area contributed by atoms with Gasteiger partial charge >= 0.3 is 0 Å². The van der Waals surface area contributed by atoms with Crippen LogP contribution >= 0.6 is 0 Å². The molecule has 0 amide bonds. The molecule has 1 aliphatic rings. The lowest BCUT2D eigenvalue weighted by Crippen LogP contribution is -2.35. The van der Waals surface area contributed by atoms with Crippen molar-refractivity contribution in [1.82, 2.24) is 15.2 Å². The monoisotopic (exact) mass is 220 g/mol. The number of rotatable bonds is 3. The van der Waals surface area contributed by atoms with Crippen molar-refractivity contribution in [2.75, 3.05) is 27.2 Å². The first-order valence-corrected chi connectivity index (χ1v) is 5.29. The fourth-order valence-electron chi connectivity index (χ4n) is 1.56. The molecule has 0 spiro atoms. The van der Waals surface area contributed by atoms with Gasteiger partial charge in [-0.2, -0.15) is 0 Å². The van der Waals surface area contributed by atoms with E-state index in [0.717, 1.165) is 24.7 Å². The standard InChI is InChI=1S/C11H16N4O/c1-15-7-6-12-11(15)13-8-9-4-3-5-10(14-9)16-2/h3-5H,6-8H2,1-2H3,(H,12,13). The number of guanidine groups is 1. The third-order valence-electron chi connectivity index (χ3n) is 2.48. The van der Waals surface area contributed by atoms with E-state index in [4.69, 9.17) is 4.74 Å². The Labute approximate surface area is 95.2 Å². The second kappa shape index (κ2) is 4.83. The highest BCUT2D eigenvalue weighted by molar-refractivity contribution is 5.81. The minimum absolute atomic E-state index is 0.640.